The zero-order valence-corrected chi connectivity index (χ0v) is 11.6. The molecular formula is C13H24N2O4. The van der Waals surface area contributed by atoms with Crippen LogP contribution in [0.3, 0.4) is 0 Å². The van der Waals surface area contributed by atoms with Crippen LogP contribution in [0, 0.1) is 5.41 Å². The molecule has 1 fully saturated rings. The summed E-state index contributed by atoms with van der Waals surface area (Å²) in [5.74, 6) is -1.24. The number of aliphatic hydroxyl groups is 1. The van der Waals surface area contributed by atoms with Crippen LogP contribution in [0.25, 0.3) is 0 Å². The highest BCUT2D eigenvalue weighted by molar-refractivity contribution is 5.82. The molecule has 0 aliphatic heterocycles. The first-order valence-corrected chi connectivity index (χ1v) is 6.85. The quantitative estimate of drug-likeness (QED) is 0.581. The topological polar surface area (TPSA) is 98.7 Å². The molecule has 4 N–H and O–H groups in total. The molecule has 1 saturated carbocycles. The number of rotatable bonds is 6. The number of aliphatic carboxylic acids is 1. The highest BCUT2D eigenvalue weighted by Gasteiger charge is 2.33. The number of amides is 2. The Morgan fingerprint density at radius 2 is 1.89 bits per heavy atom. The van der Waals surface area contributed by atoms with E-state index in [1.54, 1.807) is 0 Å². The van der Waals surface area contributed by atoms with E-state index in [4.69, 9.17) is 5.11 Å². The fraction of sp³-hybridized carbons (Fsp3) is 0.846. The number of hydrogen-bond donors (Lipinski definition) is 4. The first kappa shape index (κ1) is 15.8. The lowest BCUT2D eigenvalue weighted by Gasteiger charge is -2.28. The van der Waals surface area contributed by atoms with Gasteiger partial charge in [0.1, 0.15) is 0 Å². The van der Waals surface area contributed by atoms with Crippen molar-refractivity contribution in [1.82, 2.24) is 10.6 Å². The summed E-state index contributed by atoms with van der Waals surface area (Å²) in [7, 11) is 0. The van der Waals surface area contributed by atoms with Crippen LogP contribution in [0.1, 0.15) is 46.0 Å². The highest BCUT2D eigenvalue weighted by atomic mass is 16.4. The van der Waals surface area contributed by atoms with Gasteiger partial charge in [0.25, 0.3) is 0 Å². The Labute approximate surface area is 113 Å². The predicted octanol–water partition coefficient (Wildman–Crippen LogP) is 1.09. The zero-order chi connectivity index (χ0) is 14.5. The molecule has 0 unspecified atom stereocenters. The maximum Gasteiger partial charge on any atom is 0.328 e. The van der Waals surface area contributed by atoms with Crippen LogP contribution < -0.4 is 10.6 Å². The van der Waals surface area contributed by atoms with Crippen molar-refractivity contribution in [2.75, 3.05) is 6.54 Å². The highest BCUT2D eigenvalue weighted by Crippen LogP contribution is 2.40. The van der Waals surface area contributed by atoms with E-state index in [-0.39, 0.29) is 5.41 Å². The number of aliphatic hydroxyl groups excluding tert-OH is 1. The number of carboxylic acid groups (broad SMARTS) is 1. The van der Waals surface area contributed by atoms with Gasteiger partial charge in [-0.2, -0.15) is 0 Å². The first-order chi connectivity index (χ1) is 8.90. The van der Waals surface area contributed by atoms with Crippen LogP contribution in [0.4, 0.5) is 4.79 Å². The molecule has 0 aromatic rings. The average Bonchev–Trinajstić information content (AvgIpc) is 2.82. The Hall–Kier alpha value is -1.30. The molecule has 2 amide bonds. The molecule has 6 heteroatoms. The van der Waals surface area contributed by atoms with Crippen LogP contribution in [0.2, 0.25) is 0 Å². The number of hydrogen-bond acceptors (Lipinski definition) is 3. The summed E-state index contributed by atoms with van der Waals surface area (Å²) in [6.45, 7) is 4.01. The van der Waals surface area contributed by atoms with E-state index in [2.05, 4.69) is 17.6 Å². The standard InChI is InChI=1S/C13H24N2O4/c1-3-13(6-4-5-7-13)8-14-12(19)15-10(9(2)16)11(17)18/h9-10,16H,3-8H2,1-2H3,(H,17,18)(H2,14,15,19)/t9-,10+/m1/s1. The Kier molecular flexibility index (Phi) is 5.60. The van der Waals surface area contributed by atoms with Crippen LogP contribution >= 0.6 is 0 Å². The molecule has 0 bridgehead atoms. The van der Waals surface area contributed by atoms with Crippen LogP contribution in [-0.4, -0.2) is 40.9 Å². The number of urea groups is 1. The molecule has 0 aromatic carbocycles. The second-order valence-corrected chi connectivity index (χ2v) is 5.44. The zero-order valence-electron chi connectivity index (χ0n) is 11.6. The van der Waals surface area contributed by atoms with Gasteiger partial charge in [-0.25, -0.2) is 9.59 Å². The Bertz CT molecular complexity index is 325. The Morgan fingerprint density at radius 3 is 2.32 bits per heavy atom. The summed E-state index contributed by atoms with van der Waals surface area (Å²) in [4.78, 5) is 22.5. The third kappa shape index (κ3) is 4.38. The maximum absolute atomic E-state index is 11.7. The summed E-state index contributed by atoms with van der Waals surface area (Å²) in [6.07, 6.45) is 4.44. The molecule has 0 radical (unpaired) electrons. The minimum Gasteiger partial charge on any atom is -0.480 e. The van der Waals surface area contributed by atoms with E-state index < -0.39 is 24.1 Å². The van der Waals surface area contributed by atoms with Crippen molar-refractivity contribution < 1.29 is 19.8 Å². The van der Waals surface area contributed by atoms with Crippen LogP contribution in [0.5, 0.6) is 0 Å². The van der Waals surface area contributed by atoms with Crippen LogP contribution in [0.15, 0.2) is 0 Å². The van der Waals surface area contributed by atoms with E-state index >= 15 is 0 Å². The molecule has 0 aromatic heterocycles. The molecular weight excluding hydrogens is 248 g/mol. The number of nitrogens with one attached hydrogen (secondary N) is 2. The van der Waals surface area contributed by atoms with Gasteiger partial charge < -0.3 is 20.8 Å². The lowest BCUT2D eigenvalue weighted by atomic mass is 9.83. The Morgan fingerprint density at radius 1 is 1.32 bits per heavy atom. The number of carbonyl (C=O) groups is 2. The molecule has 1 aliphatic carbocycles. The molecule has 110 valence electrons. The van der Waals surface area contributed by atoms with Crippen molar-refractivity contribution in [1.29, 1.82) is 0 Å². The van der Waals surface area contributed by atoms with Crippen LogP contribution in [-0.2, 0) is 4.79 Å². The molecule has 0 heterocycles. The molecule has 1 aliphatic rings. The fourth-order valence-electron chi connectivity index (χ4n) is 2.63. The molecule has 2 atom stereocenters. The second kappa shape index (κ2) is 6.75. The summed E-state index contributed by atoms with van der Waals surface area (Å²) in [6, 6.07) is -1.81. The lowest BCUT2D eigenvalue weighted by Crippen LogP contribution is -2.52. The van der Waals surface area contributed by atoms with Crippen molar-refractivity contribution in [2.24, 2.45) is 5.41 Å². The van der Waals surface area contributed by atoms with E-state index in [9.17, 15) is 14.7 Å². The largest absolute Gasteiger partial charge is 0.480 e. The van der Waals surface area contributed by atoms with Crippen molar-refractivity contribution in [3.8, 4) is 0 Å². The average molecular weight is 272 g/mol. The van der Waals surface area contributed by atoms with Crippen molar-refractivity contribution in [3.63, 3.8) is 0 Å². The summed E-state index contributed by atoms with van der Waals surface area (Å²) < 4.78 is 0. The third-order valence-corrected chi connectivity index (χ3v) is 4.07. The van der Waals surface area contributed by atoms with Gasteiger partial charge in [0.15, 0.2) is 6.04 Å². The Balaban J connectivity index is 2.44. The summed E-state index contributed by atoms with van der Waals surface area (Å²) in [5.41, 5.74) is 0.154. The van der Waals surface area contributed by atoms with E-state index in [0.717, 1.165) is 19.3 Å². The van der Waals surface area contributed by atoms with Gasteiger partial charge in [0.05, 0.1) is 6.10 Å². The lowest BCUT2D eigenvalue weighted by molar-refractivity contribution is -0.141. The van der Waals surface area contributed by atoms with Crippen molar-refractivity contribution >= 4 is 12.0 Å². The van der Waals surface area contributed by atoms with Crippen molar-refractivity contribution in [3.05, 3.63) is 0 Å². The molecule has 0 saturated heterocycles. The number of carboxylic acids is 1. The normalized spacial score (nSPS) is 20.6. The monoisotopic (exact) mass is 272 g/mol. The SMILES string of the molecule is CCC1(CNC(=O)N[C@H](C(=O)O)[C@@H](C)O)CCCC1. The maximum atomic E-state index is 11.7. The number of carbonyl (C=O) groups excluding carboxylic acids is 1. The van der Waals surface area contributed by atoms with Gasteiger partial charge in [-0.15, -0.1) is 0 Å². The molecule has 0 spiro atoms. The van der Waals surface area contributed by atoms with Crippen molar-refractivity contribution in [2.45, 2.75) is 58.1 Å². The van der Waals surface area contributed by atoms with Gasteiger partial charge >= 0.3 is 12.0 Å². The van der Waals surface area contributed by atoms with E-state index in [1.807, 2.05) is 0 Å². The smallest absolute Gasteiger partial charge is 0.328 e. The summed E-state index contributed by atoms with van der Waals surface area (Å²) >= 11 is 0. The van der Waals surface area contributed by atoms with Gasteiger partial charge in [-0.1, -0.05) is 19.8 Å². The van der Waals surface area contributed by atoms with E-state index in [0.29, 0.717) is 6.54 Å². The van der Waals surface area contributed by atoms with E-state index in [1.165, 1.54) is 19.8 Å². The van der Waals surface area contributed by atoms with Gasteiger partial charge in [0.2, 0.25) is 0 Å². The second-order valence-electron chi connectivity index (χ2n) is 5.44. The third-order valence-electron chi connectivity index (χ3n) is 4.07. The first-order valence-electron chi connectivity index (χ1n) is 6.85. The molecule has 1 rings (SSSR count). The minimum atomic E-state index is -1.28. The van der Waals surface area contributed by atoms with Gasteiger partial charge in [-0.3, -0.25) is 0 Å². The minimum absolute atomic E-state index is 0.154. The van der Waals surface area contributed by atoms with Gasteiger partial charge in [0, 0.05) is 6.54 Å². The predicted molar refractivity (Wildman–Crippen MR) is 70.8 cm³/mol. The molecule has 19 heavy (non-hydrogen) atoms. The van der Waals surface area contributed by atoms with Gasteiger partial charge in [-0.05, 0) is 31.6 Å². The molecule has 6 nitrogen and oxygen atoms in total. The fourth-order valence-corrected chi connectivity index (χ4v) is 2.63. The summed E-state index contributed by atoms with van der Waals surface area (Å²) in [5, 5.41) is 23.2.